The predicted octanol–water partition coefficient (Wildman–Crippen LogP) is 4.29. The lowest BCUT2D eigenvalue weighted by molar-refractivity contribution is -0.290. The molecule has 4 rings (SSSR count). The Hall–Kier alpha value is -4.81. The van der Waals surface area contributed by atoms with Gasteiger partial charge < -0.3 is 33.7 Å². The molecule has 1 aliphatic heterocycles. The number of halogens is 1. The number of nitrogens with one attached hydrogen (secondary N) is 1. The van der Waals surface area contributed by atoms with Crippen molar-refractivity contribution in [2.24, 2.45) is 0 Å². The van der Waals surface area contributed by atoms with E-state index in [9.17, 15) is 23.6 Å². The Morgan fingerprint density at radius 2 is 1.47 bits per heavy atom. The first-order valence-corrected chi connectivity index (χ1v) is 15.1. The first-order chi connectivity index (χ1) is 22.5. The molecule has 1 heterocycles. The van der Waals surface area contributed by atoms with Crippen molar-refractivity contribution in [1.29, 1.82) is 0 Å². The van der Waals surface area contributed by atoms with Gasteiger partial charge in [0.25, 0.3) is 0 Å². The van der Waals surface area contributed by atoms with E-state index in [4.69, 9.17) is 28.4 Å². The highest BCUT2D eigenvalue weighted by Gasteiger charge is 2.53. The van der Waals surface area contributed by atoms with Crippen LogP contribution in [0.1, 0.15) is 38.8 Å². The number of amides is 1. The maximum absolute atomic E-state index is 14.3. The first kappa shape index (κ1) is 35.1. The van der Waals surface area contributed by atoms with Crippen LogP contribution in [0.2, 0.25) is 0 Å². The first-order valence-electron chi connectivity index (χ1n) is 15.1. The molecule has 0 aromatic heterocycles. The van der Waals surface area contributed by atoms with E-state index in [-0.39, 0.29) is 24.9 Å². The molecule has 1 aliphatic rings. The predicted molar refractivity (Wildman–Crippen MR) is 166 cm³/mol. The van der Waals surface area contributed by atoms with Gasteiger partial charge in [-0.25, -0.2) is 4.39 Å². The standard InChI is InChI=1S/C35H38FNO10/c1-21(38)37-16-15-26-13-14-29(18-30(26)27-11-8-12-28(36)17-27)46-35-34(45-24(4)41)33(44-23(3)40)32(43-22(2)39)31(47-35)20-42-19-25-9-6-5-7-10-25/h5-14,17-18,31-35H,15-16,19-20H2,1-4H3,(H,37,38)/t31-,32-,33+,34+,35+/m0/s1. The monoisotopic (exact) mass is 651 g/mol. The Labute approximate surface area is 272 Å². The molecule has 3 aromatic carbocycles. The van der Waals surface area contributed by atoms with Crippen LogP contribution in [0.5, 0.6) is 5.75 Å². The number of hydrogen-bond acceptors (Lipinski definition) is 10. The van der Waals surface area contributed by atoms with Gasteiger partial charge in [-0.2, -0.15) is 0 Å². The van der Waals surface area contributed by atoms with E-state index in [1.807, 2.05) is 30.3 Å². The topological polar surface area (TPSA) is 136 Å². The maximum atomic E-state index is 14.3. The lowest BCUT2D eigenvalue weighted by Crippen LogP contribution is -2.63. The van der Waals surface area contributed by atoms with Crippen LogP contribution in [0.25, 0.3) is 11.1 Å². The molecular weight excluding hydrogens is 613 g/mol. The minimum atomic E-state index is -1.36. The largest absolute Gasteiger partial charge is 0.461 e. The Balaban J connectivity index is 1.69. The van der Waals surface area contributed by atoms with Crippen LogP contribution >= 0.6 is 0 Å². The summed E-state index contributed by atoms with van der Waals surface area (Å²) in [5, 5.41) is 2.76. The molecule has 0 bridgehead atoms. The summed E-state index contributed by atoms with van der Waals surface area (Å²) < 4.78 is 49.4. The molecule has 1 saturated heterocycles. The van der Waals surface area contributed by atoms with Crippen molar-refractivity contribution in [3.8, 4) is 16.9 Å². The van der Waals surface area contributed by atoms with Gasteiger partial charge in [-0.1, -0.05) is 48.5 Å². The van der Waals surface area contributed by atoms with Crippen LogP contribution in [0.3, 0.4) is 0 Å². The minimum Gasteiger partial charge on any atom is -0.461 e. The zero-order valence-corrected chi connectivity index (χ0v) is 26.6. The number of hydrogen-bond donors (Lipinski definition) is 1. The van der Waals surface area contributed by atoms with Gasteiger partial charge in [-0.15, -0.1) is 0 Å². The van der Waals surface area contributed by atoms with Gasteiger partial charge in [-0.05, 0) is 52.9 Å². The van der Waals surface area contributed by atoms with Crippen LogP contribution in [0, 0.1) is 5.82 Å². The fourth-order valence-corrected chi connectivity index (χ4v) is 5.23. The van der Waals surface area contributed by atoms with E-state index in [0.717, 1.165) is 11.1 Å². The van der Waals surface area contributed by atoms with Gasteiger partial charge in [-0.3, -0.25) is 19.2 Å². The van der Waals surface area contributed by atoms with Crippen molar-refractivity contribution >= 4 is 23.8 Å². The van der Waals surface area contributed by atoms with Gasteiger partial charge in [0.1, 0.15) is 17.7 Å². The number of carbonyl (C=O) groups is 4. The van der Waals surface area contributed by atoms with E-state index >= 15 is 0 Å². The second-order valence-electron chi connectivity index (χ2n) is 10.9. The summed E-state index contributed by atoms with van der Waals surface area (Å²) in [5.74, 6) is -2.49. The number of ether oxygens (including phenoxy) is 6. The molecule has 3 aromatic rings. The van der Waals surface area contributed by atoms with Gasteiger partial charge >= 0.3 is 17.9 Å². The average molecular weight is 652 g/mol. The Morgan fingerprint density at radius 1 is 0.787 bits per heavy atom. The van der Waals surface area contributed by atoms with E-state index in [2.05, 4.69) is 5.32 Å². The number of benzene rings is 3. The van der Waals surface area contributed by atoms with E-state index in [1.54, 1.807) is 30.3 Å². The molecule has 1 N–H and O–H groups in total. The van der Waals surface area contributed by atoms with Crippen molar-refractivity contribution < 1.29 is 52.0 Å². The fraction of sp³-hybridized carbons (Fsp3) is 0.371. The average Bonchev–Trinajstić information content (AvgIpc) is 3.01. The second-order valence-corrected chi connectivity index (χ2v) is 10.9. The molecule has 0 spiro atoms. The Bertz CT molecular complexity index is 1550. The van der Waals surface area contributed by atoms with Gasteiger partial charge in [0, 0.05) is 34.2 Å². The second kappa shape index (κ2) is 16.7. The molecule has 250 valence electrons. The van der Waals surface area contributed by atoms with Crippen molar-refractivity contribution in [2.75, 3.05) is 13.2 Å². The Kier molecular flexibility index (Phi) is 12.4. The number of carbonyl (C=O) groups excluding carboxylic acids is 4. The summed E-state index contributed by atoms with van der Waals surface area (Å²) in [4.78, 5) is 48.2. The number of esters is 3. The van der Waals surface area contributed by atoms with Crippen molar-refractivity contribution in [2.45, 2.75) is 71.4 Å². The van der Waals surface area contributed by atoms with Crippen molar-refractivity contribution in [1.82, 2.24) is 5.32 Å². The van der Waals surface area contributed by atoms with Crippen molar-refractivity contribution in [3.63, 3.8) is 0 Å². The molecule has 5 atom stereocenters. The van der Waals surface area contributed by atoms with Gasteiger partial charge in [0.2, 0.25) is 18.3 Å². The molecule has 0 saturated carbocycles. The number of rotatable bonds is 13. The fourth-order valence-electron chi connectivity index (χ4n) is 5.23. The quantitative estimate of drug-likeness (QED) is 0.211. The highest BCUT2D eigenvalue weighted by molar-refractivity contribution is 5.73. The molecular formula is C35H38FNO10. The molecule has 0 radical (unpaired) electrons. The van der Waals surface area contributed by atoms with E-state index < -0.39 is 54.4 Å². The smallest absolute Gasteiger partial charge is 0.303 e. The zero-order chi connectivity index (χ0) is 33.9. The van der Waals surface area contributed by atoms with Crippen LogP contribution < -0.4 is 10.1 Å². The summed E-state index contributed by atoms with van der Waals surface area (Å²) in [7, 11) is 0. The third-order valence-corrected chi connectivity index (χ3v) is 7.13. The molecule has 0 unspecified atom stereocenters. The minimum absolute atomic E-state index is 0.103. The Morgan fingerprint density at radius 3 is 2.13 bits per heavy atom. The van der Waals surface area contributed by atoms with E-state index in [1.165, 1.54) is 39.8 Å². The third-order valence-electron chi connectivity index (χ3n) is 7.13. The van der Waals surface area contributed by atoms with E-state index in [0.29, 0.717) is 24.1 Å². The lowest BCUT2D eigenvalue weighted by atomic mass is 9.96. The normalized spacial score (nSPS) is 20.5. The zero-order valence-electron chi connectivity index (χ0n) is 26.6. The SMILES string of the molecule is CC(=O)NCCc1ccc(O[C@@H]2O[C@@H](COCc3ccccc3)[C@H](OC(C)=O)[C@@H](OC(C)=O)[C@H]2OC(C)=O)cc1-c1cccc(F)c1. The molecule has 47 heavy (non-hydrogen) atoms. The van der Waals surface area contributed by atoms with Crippen LogP contribution in [-0.2, 0) is 55.9 Å². The molecule has 11 nitrogen and oxygen atoms in total. The molecule has 12 heteroatoms. The maximum Gasteiger partial charge on any atom is 0.303 e. The van der Waals surface area contributed by atoms with Crippen molar-refractivity contribution in [3.05, 3.63) is 89.7 Å². The molecule has 0 aliphatic carbocycles. The molecule has 1 fully saturated rings. The summed E-state index contributed by atoms with van der Waals surface area (Å²) in [6, 6.07) is 20.5. The summed E-state index contributed by atoms with van der Waals surface area (Å²) >= 11 is 0. The van der Waals surface area contributed by atoms with Crippen LogP contribution in [0.15, 0.2) is 72.8 Å². The third kappa shape index (κ3) is 10.3. The summed E-state index contributed by atoms with van der Waals surface area (Å²) in [5.41, 5.74) is 2.88. The summed E-state index contributed by atoms with van der Waals surface area (Å²) in [6.07, 6.45) is -5.81. The van der Waals surface area contributed by atoms with Gasteiger partial charge in [0.05, 0.1) is 13.2 Å². The highest BCUT2D eigenvalue weighted by atomic mass is 19.1. The van der Waals surface area contributed by atoms with Gasteiger partial charge in [0.15, 0.2) is 12.2 Å². The van der Waals surface area contributed by atoms with Crippen LogP contribution in [0.4, 0.5) is 4.39 Å². The lowest BCUT2D eigenvalue weighted by Gasteiger charge is -2.44. The summed E-state index contributed by atoms with van der Waals surface area (Å²) in [6.45, 7) is 5.41. The molecule has 1 amide bonds. The highest BCUT2D eigenvalue weighted by Crippen LogP contribution is 2.34. The van der Waals surface area contributed by atoms with Crippen LogP contribution in [-0.4, -0.2) is 67.7 Å².